The predicted molar refractivity (Wildman–Crippen MR) is 144 cm³/mol. The van der Waals surface area contributed by atoms with E-state index in [1.54, 1.807) is 12.1 Å². The fourth-order valence-electron chi connectivity index (χ4n) is 5.24. The molecule has 4 heteroatoms. The Kier molecular flexibility index (Phi) is 4.83. The molecule has 6 aromatic rings. The number of fused-ring (bicyclic) bond motifs is 5. The van der Waals surface area contributed by atoms with E-state index in [-0.39, 0.29) is 0 Å². The topological polar surface area (TPSA) is 38.5 Å². The molecular formula is C31H25NO2S. The molecular weight excluding hydrogens is 450 g/mol. The molecule has 0 fully saturated rings. The van der Waals surface area contributed by atoms with Gasteiger partial charge in [0.15, 0.2) is 0 Å². The quantitative estimate of drug-likeness (QED) is 0.263. The molecule has 35 heavy (non-hydrogen) atoms. The SMILES string of the molecule is Cc1ccc(S(=O)(=O)c2c(-c3cccc(C)c3)c3c(C)c4ccccc4n3c3ccccc23)cc1. The van der Waals surface area contributed by atoms with Crippen LogP contribution in [0.15, 0.2) is 107 Å². The number of aromatic nitrogens is 1. The second-order valence-electron chi connectivity index (χ2n) is 9.23. The molecule has 0 radical (unpaired) electrons. The number of rotatable bonds is 3. The van der Waals surface area contributed by atoms with Crippen molar-refractivity contribution in [3.63, 3.8) is 0 Å². The Morgan fingerprint density at radius 1 is 0.629 bits per heavy atom. The van der Waals surface area contributed by atoms with Gasteiger partial charge < -0.3 is 4.40 Å². The molecule has 0 saturated heterocycles. The highest BCUT2D eigenvalue weighted by atomic mass is 32.2. The van der Waals surface area contributed by atoms with Gasteiger partial charge in [0.25, 0.3) is 0 Å². The van der Waals surface area contributed by atoms with Crippen LogP contribution < -0.4 is 0 Å². The molecule has 0 bridgehead atoms. The second-order valence-corrected chi connectivity index (χ2v) is 11.1. The van der Waals surface area contributed by atoms with Crippen LogP contribution in [0.5, 0.6) is 0 Å². The smallest absolute Gasteiger partial charge is 0.207 e. The predicted octanol–water partition coefficient (Wildman–Crippen LogP) is 7.67. The molecule has 0 atom stereocenters. The van der Waals surface area contributed by atoms with E-state index in [9.17, 15) is 8.42 Å². The van der Waals surface area contributed by atoms with Gasteiger partial charge in [-0.1, -0.05) is 83.9 Å². The van der Waals surface area contributed by atoms with Crippen LogP contribution >= 0.6 is 0 Å². The summed E-state index contributed by atoms with van der Waals surface area (Å²) in [7, 11) is -3.83. The molecule has 3 nitrogen and oxygen atoms in total. The Balaban J connectivity index is 1.92. The third-order valence-corrected chi connectivity index (χ3v) is 8.74. The van der Waals surface area contributed by atoms with Crippen LogP contribution in [-0.2, 0) is 9.84 Å². The molecule has 0 unspecified atom stereocenters. The standard InChI is InChI=1S/C31H25NO2S/c1-20-15-17-24(18-16-20)35(33,34)31-26-12-5-7-14-28(26)32-27-13-6-4-11-25(27)22(3)30(32)29(31)23-10-8-9-21(2)19-23/h4-19H,1-3H3. The minimum atomic E-state index is -3.83. The molecule has 2 heterocycles. The van der Waals surface area contributed by atoms with Gasteiger partial charge in [-0.25, -0.2) is 8.42 Å². The molecule has 0 aliphatic heterocycles. The zero-order chi connectivity index (χ0) is 24.3. The fraction of sp³-hybridized carbons (Fsp3) is 0.0968. The summed E-state index contributed by atoms with van der Waals surface area (Å²) in [6, 6.07) is 31.4. The van der Waals surface area contributed by atoms with Crippen molar-refractivity contribution in [1.29, 1.82) is 0 Å². The first-order valence-electron chi connectivity index (χ1n) is 11.7. The highest BCUT2D eigenvalue weighted by Gasteiger charge is 2.29. The van der Waals surface area contributed by atoms with Gasteiger partial charge in [-0.05, 0) is 56.2 Å². The lowest BCUT2D eigenvalue weighted by molar-refractivity contribution is 0.597. The zero-order valence-electron chi connectivity index (χ0n) is 19.9. The number of hydrogen-bond acceptors (Lipinski definition) is 2. The van der Waals surface area contributed by atoms with E-state index in [0.29, 0.717) is 9.79 Å². The maximum absolute atomic E-state index is 14.4. The monoisotopic (exact) mass is 475 g/mol. The number of aryl methyl sites for hydroxylation is 3. The third kappa shape index (κ3) is 3.21. The number of pyridine rings is 1. The number of nitrogens with zero attached hydrogens (tertiary/aromatic N) is 1. The molecule has 0 spiro atoms. The molecule has 2 aromatic heterocycles. The molecule has 0 aliphatic carbocycles. The van der Waals surface area contributed by atoms with Crippen molar-refractivity contribution in [1.82, 2.24) is 4.40 Å². The minimum Gasteiger partial charge on any atom is -0.308 e. The first-order chi connectivity index (χ1) is 16.9. The lowest BCUT2D eigenvalue weighted by Crippen LogP contribution is -2.08. The number of sulfone groups is 1. The van der Waals surface area contributed by atoms with Crippen LogP contribution in [0.1, 0.15) is 16.7 Å². The molecule has 0 saturated carbocycles. The van der Waals surface area contributed by atoms with E-state index >= 15 is 0 Å². The minimum absolute atomic E-state index is 0.306. The van der Waals surface area contributed by atoms with Gasteiger partial charge in [-0.2, -0.15) is 0 Å². The van der Waals surface area contributed by atoms with Gasteiger partial charge in [-0.3, -0.25) is 0 Å². The summed E-state index contributed by atoms with van der Waals surface area (Å²) in [5.41, 5.74) is 7.72. The Bertz CT molecular complexity index is 1880. The van der Waals surface area contributed by atoms with Crippen molar-refractivity contribution in [3.8, 4) is 11.1 Å². The van der Waals surface area contributed by atoms with Crippen LogP contribution in [0.4, 0.5) is 0 Å². The highest BCUT2D eigenvalue weighted by molar-refractivity contribution is 7.92. The van der Waals surface area contributed by atoms with Gasteiger partial charge in [0, 0.05) is 16.3 Å². The fourth-order valence-corrected chi connectivity index (χ4v) is 6.91. The Morgan fingerprint density at radius 3 is 1.94 bits per heavy atom. The van der Waals surface area contributed by atoms with Crippen LogP contribution in [0.2, 0.25) is 0 Å². The maximum Gasteiger partial charge on any atom is 0.207 e. The van der Waals surface area contributed by atoms with Gasteiger partial charge in [-0.15, -0.1) is 0 Å². The van der Waals surface area contributed by atoms with Crippen molar-refractivity contribution in [2.75, 3.05) is 0 Å². The van der Waals surface area contributed by atoms with E-state index in [4.69, 9.17) is 0 Å². The normalized spacial score (nSPS) is 12.1. The highest BCUT2D eigenvalue weighted by Crippen LogP contribution is 2.44. The van der Waals surface area contributed by atoms with Gasteiger partial charge in [0.2, 0.25) is 9.84 Å². The Hall–Kier alpha value is -3.89. The maximum atomic E-state index is 14.4. The van der Waals surface area contributed by atoms with E-state index in [0.717, 1.165) is 55.1 Å². The summed E-state index contributed by atoms with van der Waals surface area (Å²) in [4.78, 5) is 0.668. The lowest BCUT2D eigenvalue weighted by atomic mass is 9.99. The van der Waals surface area contributed by atoms with Gasteiger partial charge >= 0.3 is 0 Å². The summed E-state index contributed by atoms with van der Waals surface area (Å²) in [5, 5.41) is 1.84. The lowest BCUT2D eigenvalue weighted by Gasteiger charge is -2.19. The first-order valence-corrected chi connectivity index (χ1v) is 13.2. The zero-order valence-corrected chi connectivity index (χ0v) is 20.7. The number of benzene rings is 4. The van der Waals surface area contributed by atoms with E-state index in [1.807, 2.05) is 80.6 Å². The van der Waals surface area contributed by atoms with Crippen LogP contribution in [-0.4, -0.2) is 12.8 Å². The van der Waals surface area contributed by atoms with Crippen molar-refractivity contribution >= 4 is 37.2 Å². The Labute approximate surface area is 205 Å². The average molecular weight is 476 g/mol. The van der Waals surface area contributed by atoms with E-state index in [2.05, 4.69) is 29.5 Å². The summed E-state index contributed by atoms with van der Waals surface area (Å²) in [6.07, 6.45) is 0. The Morgan fingerprint density at radius 2 is 1.26 bits per heavy atom. The number of hydrogen-bond donors (Lipinski definition) is 0. The molecule has 0 amide bonds. The molecule has 172 valence electrons. The summed E-state index contributed by atoms with van der Waals surface area (Å²) in [6.45, 7) is 6.09. The molecule has 4 aromatic carbocycles. The summed E-state index contributed by atoms with van der Waals surface area (Å²) < 4.78 is 31.0. The second kappa shape index (κ2) is 7.82. The number of para-hydroxylation sites is 2. The van der Waals surface area contributed by atoms with Crippen molar-refractivity contribution in [2.45, 2.75) is 30.6 Å². The average Bonchev–Trinajstić information content (AvgIpc) is 3.16. The first kappa shape index (κ1) is 21.6. The molecule has 0 N–H and O–H groups in total. The van der Waals surface area contributed by atoms with Crippen LogP contribution in [0, 0.1) is 20.8 Å². The van der Waals surface area contributed by atoms with Gasteiger partial charge in [0.05, 0.1) is 26.3 Å². The van der Waals surface area contributed by atoms with Gasteiger partial charge in [0.1, 0.15) is 0 Å². The summed E-state index contributed by atoms with van der Waals surface area (Å²) in [5.74, 6) is 0. The van der Waals surface area contributed by atoms with Crippen molar-refractivity contribution < 1.29 is 8.42 Å². The van der Waals surface area contributed by atoms with Crippen molar-refractivity contribution in [3.05, 3.63) is 114 Å². The molecule has 0 aliphatic rings. The third-order valence-electron chi connectivity index (χ3n) is 6.89. The van der Waals surface area contributed by atoms with Crippen molar-refractivity contribution in [2.24, 2.45) is 0 Å². The van der Waals surface area contributed by atoms with Crippen LogP contribution in [0.3, 0.4) is 0 Å². The van der Waals surface area contributed by atoms with Crippen LogP contribution in [0.25, 0.3) is 38.4 Å². The summed E-state index contributed by atoms with van der Waals surface area (Å²) >= 11 is 0. The van der Waals surface area contributed by atoms with E-state index in [1.165, 1.54) is 0 Å². The molecule has 6 rings (SSSR count). The van der Waals surface area contributed by atoms with E-state index < -0.39 is 9.84 Å². The largest absolute Gasteiger partial charge is 0.308 e.